The number of hydrogen-bond donors (Lipinski definition) is 0. The molecule has 4 rings (SSSR count). The predicted octanol–water partition coefficient (Wildman–Crippen LogP) is 4.65. The van der Waals surface area contributed by atoms with Crippen molar-refractivity contribution < 1.29 is 14.6 Å². The van der Waals surface area contributed by atoms with E-state index >= 15 is 0 Å². The van der Waals surface area contributed by atoms with Crippen LogP contribution in [0.15, 0.2) is 30.3 Å². The maximum atomic E-state index is 11.7. The van der Waals surface area contributed by atoms with Gasteiger partial charge in [0, 0.05) is 24.4 Å². The summed E-state index contributed by atoms with van der Waals surface area (Å²) in [7, 11) is 1.91. The van der Waals surface area contributed by atoms with Crippen LogP contribution < -0.4 is 9.64 Å². The van der Waals surface area contributed by atoms with Crippen LogP contribution in [0.3, 0.4) is 0 Å². The van der Waals surface area contributed by atoms with Crippen molar-refractivity contribution in [1.29, 1.82) is 0 Å². The van der Waals surface area contributed by atoms with Crippen LogP contribution in [0, 0.1) is 34.1 Å². The van der Waals surface area contributed by atoms with Crippen molar-refractivity contribution in [3.05, 3.63) is 72.8 Å². The molecule has 0 saturated heterocycles. The summed E-state index contributed by atoms with van der Waals surface area (Å²) in [6, 6.07) is 6.47. The molecule has 1 unspecified atom stereocenters. The Kier molecular flexibility index (Phi) is 3.78. The monoisotopic (exact) mass is 395 g/mol. The highest BCUT2D eigenvalue weighted by Crippen LogP contribution is 2.56. The number of nitrogens with zero attached hydrogens (tertiary/aromatic N) is 3. The Morgan fingerprint density at radius 1 is 1.03 bits per heavy atom. The Balaban J connectivity index is 1.95. The molecule has 2 heterocycles. The van der Waals surface area contributed by atoms with E-state index < -0.39 is 26.7 Å². The maximum absolute atomic E-state index is 11.7. The summed E-state index contributed by atoms with van der Waals surface area (Å²) < 4.78 is 6.39. The number of non-ortho nitro benzene ring substituents is 1. The second kappa shape index (κ2) is 5.79. The number of hydrogen-bond acceptors (Lipinski definition) is 6. The van der Waals surface area contributed by atoms with Gasteiger partial charge >= 0.3 is 5.69 Å². The Morgan fingerprint density at radius 3 is 2.34 bits per heavy atom. The zero-order valence-corrected chi connectivity index (χ0v) is 16.8. The predicted molar refractivity (Wildman–Crippen MR) is 109 cm³/mol. The molecule has 8 heteroatoms. The summed E-state index contributed by atoms with van der Waals surface area (Å²) in [5.74, 6) is 0.0465. The Hall–Kier alpha value is -3.42. The van der Waals surface area contributed by atoms with E-state index in [0.717, 1.165) is 28.4 Å². The van der Waals surface area contributed by atoms with Gasteiger partial charge in [0.1, 0.15) is 0 Å². The summed E-state index contributed by atoms with van der Waals surface area (Å²) in [6.45, 7) is 8.15. The Labute approximate surface area is 167 Å². The number of benzene rings is 2. The largest absolute Gasteiger partial charge is 0.456 e. The molecule has 0 aliphatic carbocycles. The summed E-state index contributed by atoms with van der Waals surface area (Å²) in [5.41, 5.74) is 2.38. The van der Waals surface area contributed by atoms with Crippen LogP contribution in [0.1, 0.15) is 36.1 Å². The van der Waals surface area contributed by atoms with E-state index in [1.165, 1.54) is 6.07 Å². The van der Waals surface area contributed by atoms with E-state index in [1.54, 1.807) is 6.08 Å². The molecule has 0 radical (unpaired) electrons. The van der Waals surface area contributed by atoms with E-state index in [0.29, 0.717) is 5.56 Å². The van der Waals surface area contributed by atoms with Gasteiger partial charge in [0.25, 0.3) is 5.69 Å². The molecule has 1 spiro atoms. The SMILES string of the molecule is Cc1cc(C)c2c(c1)C(C)(C)C1(C=Cc3cc([N+](=O)[O-])cc([N+](=O)[O-])c3O1)N2C. The van der Waals surface area contributed by atoms with Gasteiger partial charge in [-0.05, 0) is 51.0 Å². The van der Waals surface area contributed by atoms with Gasteiger partial charge in [-0.25, -0.2) is 0 Å². The quantitative estimate of drug-likeness (QED) is 0.542. The lowest BCUT2D eigenvalue weighted by molar-refractivity contribution is -0.395. The average Bonchev–Trinajstić information content (AvgIpc) is 2.79. The normalized spacial score (nSPS) is 20.9. The van der Waals surface area contributed by atoms with Gasteiger partial charge in [-0.2, -0.15) is 0 Å². The second-order valence-electron chi connectivity index (χ2n) is 8.19. The standard InChI is InChI=1S/C21H21N3O5/c1-12-8-13(2)18-16(9-12)20(3,4)21(22(18)5)7-6-14-10-15(23(25)26)11-17(24(27)28)19(14)29-21/h6-11H,1-5H3. The van der Waals surface area contributed by atoms with Crippen LogP contribution in [0.5, 0.6) is 5.75 Å². The van der Waals surface area contributed by atoms with Gasteiger partial charge in [0.05, 0.1) is 21.3 Å². The third kappa shape index (κ3) is 2.38. The Morgan fingerprint density at radius 2 is 1.72 bits per heavy atom. The van der Waals surface area contributed by atoms with Crippen LogP contribution in [0.4, 0.5) is 17.1 Å². The maximum Gasteiger partial charge on any atom is 0.318 e. The number of nitro benzene ring substituents is 2. The summed E-state index contributed by atoms with van der Waals surface area (Å²) in [4.78, 5) is 23.6. The van der Waals surface area contributed by atoms with Gasteiger partial charge in [-0.1, -0.05) is 17.7 Å². The molecule has 0 fully saturated rings. The fourth-order valence-electron chi connectivity index (χ4n) is 4.66. The van der Waals surface area contributed by atoms with Crippen molar-refractivity contribution in [2.24, 2.45) is 0 Å². The van der Waals surface area contributed by atoms with Crippen molar-refractivity contribution in [2.45, 2.75) is 38.8 Å². The lowest BCUT2D eigenvalue weighted by atomic mass is 9.75. The van der Waals surface area contributed by atoms with Crippen molar-refractivity contribution >= 4 is 23.1 Å². The molecule has 0 bridgehead atoms. The minimum absolute atomic E-state index is 0.0465. The van der Waals surface area contributed by atoms with Crippen molar-refractivity contribution in [1.82, 2.24) is 0 Å². The van der Waals surface area contributed by atoms with E-state index in [2.05, 4.69) is 12.1 Å². The molecule has 2 aromatic rings. The molecule has 8 nitrogen and oxygen atoms in total. The highest BCUT2D eigenvalue weighted by atomic mass is 16.6. The summed E-state index contributed by atoms with van der Waals surface area (Å²) in [5, 5.41) is 22.9. The molecule has 2 aliphatic heterocycles. The smallest absolute Gasteiger partial charge is 0.318 e. The molecule has 0 amide bonds. The van der Waals surface area contributed by atoms with Gasteiger partial charge < -0.3 is 9.64 Å². The highest BCUT2D eigenvalue weighted by molar-refractivity contribution is 5.77. The Bertz CT molecular complexity index is 1120. The number of ether oxygens (including phenoxy) is 1. The molecule has 1 atom stereocenters. The molecule has 29 heavy (non-hydrogen) atoms. The number of nitro groups is 2. The van der Waals surface area contributed by atoms with Gasteiger partial charge in [-0.3, -0.25) is 20.2 Å². The van der Waals surface area contributed by atoms with Crippen molar-refractivity contribution in [3.63, 3.8) is 0 Å². The third-order valence-electron chi connectivity index (χ3n) is 6.08. The number of anilines is 1. The van der Waals surface area contributed by atoms with Crippen LogP contribution in [0.2, 0.25) is 0 Å². The van der Waals surface area contributed by atoms with Crippen LogP contribution in [0.25, 0.3) is 6.08 Å². The molecule has 2 aromatic carbocycles. The minimum Gasteiger partial charge on any atom is -0.456 e. The second-order valence-corrected chi connectivity index (χ2v) is 8.19. The topological polar surface area (TPSA) is 98.8 Å². The minimum atomic E-state index is -0.998. The van der Waals surface area contributed by atoms with Crippen LogP contribution in [-0.2, 0) is 5.41 Å². The molecular weight excluding hydrogens is 374 g/mol. The first kappa shape index (κ1) is 18.9. The molecule has 0 N–H and O–H groups in total. The van der Waals surface area contributed by atoms with E-state index in [1.807, 2.05) is 45.7 Å². The van der Waals surface area contributed by atoms with Crippen LogP contribution >= 0.6 is 0 Å². The molecule has 0 saturated carbocycles. The lowest BCUT2D eigenvalue weighted by Crippen LogP contribution is -2.58. The number of likely N-dealkylation sites (N-methyl/N-ethyl adjacent to an activating group) is 1. The van der Waals surface area contributed by atoms with Gasteiger partial charge in [0.15, 0.2) is 0 Å². The number of fused-ring (bicyclic) bond motifs is 2. The fraction of sp³-hybridized carbons (Fsp3) is 0.333. The molecule has 150 valence electrons. The average molecular weight is 395 g/mol. The first-order valence-corrected chi connectivity index (χ1v) is 9.20. The van der Waals surface area contributed by atoms with E-state index in [-0.39, 0.29) is 11.4 Å². The lowest BCUT2D eigenvalue weighted by Gasteiger charge is -2.45. The number of rotatable bonds is 2. The molecular formula is C21H21N3O5. The summed E-state index contributed by atoms with van der Waals surface area (Å²) in [6.07, 6.45) is 3.53. The summed E-state index contributed by atoms with van der Waals surface area (Å²) >= 11 is 0. The van der Waals surface area contributed by atoms with Gasteiger partial charge in [0.2, 0.25) is 11.5 Å². The number of aryl methyl sites for hydroxylation is 2. The first-order valence-electron chi connectivity index (χ1n) is 9.20. The van der Waals surface area contributed by atoms with E-state index in [9.17, 15) is 20.2 Å². The molecule has 2 aliphatic rings. The van der Waals surface area contributed by atoms with E-state index in [4.69, 9.17) is 4.74 Å². The zero-order chi connectivity index (χ0) is 21.3. The molecule has 0 aromatic heterocycles. The first-order chi connectivity index (χ1) is 13.5. The fourth-order valence-corrected chi connectivity index (χ4v) is 4.66. The van der Waals surface area contributed by atoms with Gasteiger partial charge in [-0.15, -0.1) is 0 Å². The van der Waals surface area contributed by atoms with Crippen molar-refractivity contribution in [3.8, 4) is 5.75 Å². The van der Waals surface area contributed by atoms with Crippen LogP contribution in [-0.4, -0.2) is 22.6 Å². The zero-order valence-electron chi connectivity index (χ0n) is 16.8. The third-order valence-corrected chi connectivity index (χ3v) is 6.08. The van der Waals surface area contributed by atoms with Crippen molar-refractivity contribution in [2.75, 3.05) is 11.9 Å². The highest BCUT2D eigenvalue weighted by Gasteiger charge is 2.59.